The van der Waals surface area contributed by atoms with E-state index in [0.29, 0.717) is 6.04 Å². The molecule has 0 spiro atoms. The van der Waals surface area contributed by atoms with Gasteiger partial charge in [0.2, 0.25) is 0 Å². The molecule has 2 atom stereocenters. The molecule has 1 N–H and O–H groups in total. The fourth-order valence-corrected chi connectivity index (χ4v) is 3.19. The summed E-state index contributed by atoms with van der Waals surface area (Å²) in [6.07, 6.45) is 6.64. The molecule has 1 aromatic rings. The molecule has 3 heterocycles. The van der Waals surface area contributed by atoms with Crippen molar-refractivity contribution in [3.63, 3.8) is 0 Å². The molecule has 1 fully saturated rings. The Bertz CT molecular complexity index is 417. The first kappa shape index (κ1) is 12.1. The van der Waals surface area contributed by atoms with Crippen molar-refractivity contribution in [2.24, 2.45) is 0 Å². The van der Waals surface area contributed by atoms with Crippen molar-refractivity contribution < 1.29 is 5.11 Å². The summed E-state index contributed by atoms with van der Waals surface area (Å²) in [5.74, 6) is 2.03. The van der Waals surface area contributed by atoms with Gasteiger partial charge in [-0.3, -0.25) is 0 Å². The Morgan fingerprint density at radius 3 is 2.83 bits per heavy atom. The first-order chi connectivity index (χ1) is 8.78. The van der Waals surface area contributed by atoms with Crippen LogP contribution < -0.4 is 0 Å². The van der Waals surface area contributed by atoms with E-state index < -0.39 is 0 Å². The monoisotopic (exact) mass is 250 g/mol. The Morgan fingerprint density at radius 2 is 2.11 bits per heavy atom. The van der Waals surface area contributed by atoms with Crippen LogP contribution >= 0.6 is 0 Å². The number of likely N-dealkylation sites (N-methyl/N-ethyl adjacent to an activating group) is 1. The number of aromatic nitrogens is 3. The Morgan fingerprint density at radius 1 is 1.28 bits per heavy atom. The van der Waals surface area contributed by atoms with E-state index >= 15 is 0 Å². The predicted molar refractivity (Wildman–Crippen MR) is 68.4 cm³/mol. The number of aliphatic hydroxyl groups excluding tert-OH is 1. The molecule has 0 amide bonds. The van der Waals surface area contributed by atoms with Crippen LogP contribution in [0.3, 0.4) is 0 Å². The SMILES string of the molecule is CN1CCCC1Cc1nc2n(n1)C(CO)CCC2. The lowest BCUT2D eigenvalue weighted by Gasteiger charge is -2.21. The van der Waals surface area contributed by atoms with Gasteiger partial charge in [-0.2, -0.15) is 5.10 Å². The number of fused-ring (bicyclic) bond motifs is 1. The highest BCUT2D eigenvalue weighted by Crippen LogP contribution is 2.24. The van der Waals surface area contributed by atoms with Crippen LogP contribution in [-0.2, 0) is 12.8 Å². The van der Waals surface area contributed by atoms with Crippen molar-refractivity contribution in [3.05, 3.63) is 11.6 Å². The number of hydrogen-bond donors (Lipinski definition) is 1. The van der Waals surface area contributed by atoms with Crippen LogP contribution in [0, 0.1) is 0 Å². The number of aliphatic hydroxyl groups is 1. The molecule has 2 aliphatic heterocycles. The van der Waals surface area contributed by atoms with Crippen LogP contribution in [0.4, 0.5) is 0 Å². The topological polar surface area (TPSA) is 54.2 Å². The summed E-state index contributed by atoms with van der Waals surface area (Å²) in [6.45, 7) is 1.37. The largest absolute Gasteiger partial charge is 0.394 e. The van der Waals surface area contributed by atoms with E-state index in [1.165, 1.54) is 19.4 Å². The highest BCUT2D eigenvalue weighted by Gasteiger charge is 2.26. The lowest BCUT2D eigenvalue weighted by atomic mass is 10.1. The second-order valence-electron chi connectivity index (χ2n) is 5.60. The predicted octanol–water partition coefficient (Wildman–Crippen LogP) is 0.784. The lowest BCUT2D eigenvalue weighted by molar-refractivity contribution is 0.194. The first-order valence-corrected chi connectivity index (χ1v) is 7.03. The Kier molecular flexibility index (Phi) is 3.35. The summed E-state index contributed by atoms with van der Waals surface area (Å²) in [5, 5.41) is 14.0. The molecule has 0 aliphatic carbocycles. The minimum Gasteiger partial charge on any atom is -0.394 e. The first-order valence-electron chi connectivity index (χ1n) is 7.03. The zero-order valence-corrected chi connectivity index (χ0v) is 11.0. The summed E-state index contributed by atoms with van der Waals surface area (Å²) in [4.78, 5) is 7.07. The summed E-state index contributed by atoms with van der Waals surface area (Å²) >= 11 is 0. The minimum absolute atomic E-state index is 0.149. The van der Waals surface area contributed by atoms with Crippen LogP contribution in [-0.4, -0.2) is 51.0 Å². The average Bonchev–Trinajstić information content (AvgIpc) is 2.95. The third-order valence-corrected chi connectivity index (χ3v) is 4.33. The fraction of sp³-hybridized carbons (Fsp3) is 0.846. The molecule has 5 nitrogen and oxygen atoms in total. The normalized spacial score (nSPS) is 28.6. The van der Waals surface area contributed by atoms with Crippen molar-refractivity contribution >= 4 is 0 Å². The molecule has 5 heteroatoms. The Hall–Kier alpha value is -0.940. The van der Waals surface area contributed by atoms with Crippen LogP contribution in [0.5, 0.6) is 0 Å². The maximum absolute atomic E-state index is 9.38. The van der Waals surface area contributed by atoms with Crippen molar-refractivity contribution in [1.29, 1.82) is 0 Å². The summed E-state index contributed by atoms with van der Waals surface area (Å²) in [6, 6.07) is 0.748. The smallest absolute Gasteiger partial charge is 0.152 e. The van der Waals surface area contributed by atoms with Gasteiger partial charge in [0.25, 0.3) is 0 Å². The fourth-order valence-electron chi connectivity index (χ4n) is 3.19. The molecule has 0 saturated carbocycles. The second-order valence-corrected chi connectivity index (χ2v) is 5.60. The summed E-state index contributed by atoms with van der Waals surface area (Å²) in [7, 11) is 2.18. The van der Waals surface area contributed by atoms with Crippen LogP contribution in [0.1, 0.15) is 43.4 Å². The molecule has 1 saturated heterocycles. The van der Waals surface area contributed by atoms with Crippen LogP contribution in [0.2, 0.25) is 0 Å². The minimum atomic E-state index is 0.149. The van der Waals surface area contributed by atoms with Gasteiger partial charge in [0.1, 0.15) is 5.82 Å². The van der Waals surface area contributed by atoms with Gasteiger partial charge in [0.05, 0.1) is 12.6 Å². The maximum atomic E-state index is 9.38. The van der Waals surface area contributed by atoms with Crippen molar-refractivity contribution in [2.75, 3.05) is 20.2 Å². The van der Waals surface area contributed by atoms with Crippen molar-refractivity contribution in [3.8, 4) is 0 Å². The van der Waals surface area contributed by atoms with Gasteiger partial charge >= 0.3 is 0 Å². The zero-order valence-electron chi connectivity index (χ0n) is 11.0. The Labute approximate surface area is 108 Å². The summed E-state index contributed by atoms with van der Waals surface area (Å²) in [5.41, 5.74) is 0. The van der Waals surface area contributed by atoms with E-state index in [0.717, 1.165) is 37.3 Å². The second kappa shape index (κ2) is 4.97. The highest BCUT2D eigenvalue weighted by molar-refractivity contribution is 5.01. The molecule has 2 unspecified atom stereocenters. The van der Waals surface area contributed by atoms with E-state index in [9.17, 15) is 5.11 Å². The molecule has 0 radical (unpaired) electrons. The number of likely N-dealkylation sites (tertiary alicyclic amines) is 1. The molecule has 100 valence electrons. The van der Waals surface area contributed by atoms with E-state index in [1.807, 2.05) is 4.68 Å². The molecule has 18 heavy (non-hydrogen) atoms. The molecular weight excluding hydrogens is 228 g/mol. The van der Waals surface area contributed by atoms with E-state index in [2.05, 4.69) is 22.0 Å². The number of aryl methyl sites for hydroxylation is 1. The van der Waals surface area contributed by atoms with Gasteiger partial charge in [-0.1, -0.05) is 0 Å². The standard InChI is InChI=1S/C13H22N4O/c1-16-7-3-5-10(16)8-12-14-13-6-2-4-11(9-18)17(13)15-12/h10-11,18H,2-9H2,1H3. The van der Waals surface area contributed by atoms with Gasteiger partial charge < -0.3 is 10.0 Å². The number of rotatable bonds is 3. The molecule has 3 rings (SSSR count). The molecule has 2 aliphatic rings. The third-order valence-electron chi connectivity index (χ3n) is 4.33. The van der Waals surface area contributed by atoms with Crippen LogP contribution in [0.15, 0.2) is 0 Å². The highest BCUT2D eigenvalue weighted by atomic mass is 16.3. The van der Waals surface area contributed by atoms with Gasteiger partial charge in [-0.15, -0.1) is 0 Å². The third kappa shape index (κ3) is 2.17. The summed E-state index contributed by atoms with van der Waals surface area (Å²) < 4.78 is 1.97. The van der Waals surface area contributed by atoms with Gasteiger partial charge in [-0.05, 0) is 39.3 Å². The number of hydrogen-bond acceptors (Lipinski definition) is 4. The molecule has 0 aromatic carbocycles. The lowest BCUT2D eigenvalue weighted by Crippen LogP contribution is -2.27. The average molecular weight is 250 g/mol. The molecule has 0 bridgehead atoms. The van der Waals surface area contributed by atoms with Crippen LogP contribution in [0.25, 0.3) is 0 Å². The van der Waals surface area contributed by atoms with Gasteiger partial charge in [0.15, 0.2) is 5.82 Å². The van der Waals surface area contributed by atoms with E-state index in [1.54, 1.807) is 0 Å². The van der Waals surface area contributed by atoms with E-state index in [4.69, 9.17) is 0 Å². The van der Waals surface area contributed by atoms with Crippen molar-refractivity contribution in [1.82, 2.24) is 19.7 Å². The van der Waals surface area contributed by atoms with E-state index in [-0.39, 0.29) is 12.6 Å². The molecule has 1 aromatic heterocycles. The maximum Gasteiger partial charge on any atom is 0.152 e. The Balaban J connectivity index is 1.76. The zero-order chi connectivity index (χ0) is 12.5. The van der Waals surface area contributed by atoms with Crippen molar-refractivity contribution in [2.45, 2.75) is 50.6 Å². The van der Waals surface area contributed by atoms with Gasteiger partial charge in [-0.25, -0.2) is 9.67 Å². The molecular formula is C13H22N4O. The number of nitrogens with zero attached hydrogens (tertiary/aromatic N) is 4. The van der Waals surface area contributed by atoms with Gasteiger partial charge in [0, 0.05) is 18.9 Å². The quantitative estimate of drug-likeness (QED) is 0.861.